The van der Waals surface area contributed by atoms with Gasteiger partial charge in [-0.3, -0.25) is 0 Å². The number of para-hydroxylation sites is 1. The quantitative estimate of drug-likeness (QED) is 0.0721. The molecule has 0 saturated heterocycles. The van der Waals surface area contributed by atoms with Gasteiger partial charge in [0.1, 0.15) is 79.3 Å². The largest absolute Gasteiger partial charge is 0.488 e. The molecule has 0 unspecified atom stereocenters. The fourth-order valence-corrected chi connectivity index (χ4v) is 11.2. The van der Waals surface area contributed by atoms with Crippen LogP contribution >= 0.6 is 15.9 Å². The minimum absolute atomic E-state index is 0.212. The predicted molar refractivity (Wildman–Crippen MR) is 322 cm³/mol. The van der Waals surface area contributed by atoms with Gasteiger partial charge < -0.3 is 48.1 Å². The van der Waals surface area contributed by atoms with Gasteiger partial charge in [-0.05, 0) is 90.3 Å². The minimum Gasteiger partial charge on any atom is -0.488 e. The zero-order chi connectivity index (χ0) is 56.3. The van der Waals surface area contributed by atoms with Crippen molar-refractivity contribution in [1.82, 2.24) is 0 Å². The molecule has 10 aromatic rings. The SMILES string of the molecule is O[C@@H]1[C@@H](c2cccc3c2O[C@@H](c2ccc(OCc4ccccc4)c(OCc4ccccc4)c2)[C@H](O)C3)c2c(OCc3ccccc3)cc(OCc3ccccc3)c(Br)c2O[C@@H]1c1ccc(OCc2ccccc2)c(OCc2ccccc2)c1. The van der Waals surface area contributed by atoms with Crippen molar-refractivity contribution in [1.29, 1.82) is 0 Å². The van der Waals surface area contributed by atoms with E-state index in [0.29, 0.717) is 92.5 Å². The molecule has 5 atom stereocenters. The Morgan fingerprint density at radius 1 is 0.361 bits per heavy atom. The summed E-state index contributed by atoms with van der Waals surface area (Å²) in [5.41, 5.74) is 9.25. The van der Waals surface area contributed by atoms with Crippen LogP contribution in [-0.4, -0.2) is 22.4 Å². The van der Waals surface area contributed by atoms with Gasteiger partial charge in [-0.1, -0.05) is 212 Å². The van der Waals surface area contributed by atoms with E-state index < -0.39 is 30.3 Å². The Hall–Kier alpha value is -9.00. The first-order valence-electron chi connectivity index (χ1n) is 27.8. The zero-order valence-electron chi connectivity index (χ0n) is 45.5. The molecule has 0 aromatic heterocycles. The molecule has 10 aromatic carbocycles. The summed E-state index contributed by atoms with van der Waals surface area (Å²) in [6.45, 7) is 1.69. The summed E-state index contributed by atoms with van der Waals surface area (Å²) in [6, 6.07) is 78.9. The summed E-state index contributed by atoms with van der Waals surface area (Å²) in [7, 11) is 0. The van der Waals surface area contributed by atoms with E-state index in [4.69, 9.17) is 37.9 Å². The standard InChI is InChI=1S/C72H61BrO10/c73-67-64(81-47-53-30-17-6-18-31-53)41-63(80-46-52-28-15-5-16-29-52)66-65(68(75)71(83-72(66)67)56-35-37-60(77-43-49-22-9-2-10-23-49)62(40-56)79-45-51-26-13-4-14-27-51)57-33-19-32-54-38-58(74)70(82-69(54)57)55-34-36-59(76-42-48-20-7-1-8-21-48)61(39-55)78-44-50-24-11-3-12-25-50/h1-37,39-41,58,65,68,70-71,74-75H,38,42-47H2/t58-,65+,68-,70+,71-/m1/s1. The first-order valence-corrected chi connectivity index (χ1v) is 28.6. The Kier molecular flexibility index (Phi) is 17.0. The lowest BCUT2D eigenvalue weighted by Gasteiger charge is -2.41. The normalized spacial score (nSPS) is 16.9. The van der Waals surface area contributed by atoms with Crippen molar-refractivity contribution in [2.24, 2.45) is 0 Å². The molecule has 2 heterocycles. The van der Waals surface area contributed by atoms with E-state index in [1.165, 1.54) is 0 Å². The van der Waals surface area contributed by atoms with E-state index in [0.717, 1.165) is 38.9 Å². The van der Waals surface area contributed by atoms with Gasteiger partial charge in [0.15, 0.2) is 29.1 Å². The van der Waals surface area contributed by atoms with E-state index in [-0.39, 0.29) is 26.2 Å². The molecule has 83 heavy (non-hydrogen) atoms. The summed E-state index contributed by atoms with van der Waals surface area (Å²) >= 11 is 3.98. The molecule has 0 bridgehead atoms. The Labute approximate surface area is 492 Å². The number of hydrogen-bond donors (Lipinski definition) is 2. The highest BCUT2D eigenvalue weighted by Crippen LogP contribution is 2.57. The molecule has 416 valence electrons. The van der Waals surface area contributed by atoms with Gasteiger partial charge in [-0.25, -0.2) is 0 Å². The number of hydrogen-bond acceptors (Lipinski definition) is 10. The highest BCUT2D eigenvalue weighted by molar-refractivity contribution is 9.10. The number of aliphatic hydroxyl groups excluding tert-OH is 2. The van der Waals surface area contributed by atoms with Crippen LogP contribution in [0.2, 0.25) is 0 Å². The smallest absolute Gasteiger partial charge is 0.162 e. The molecule has 0 saturated carbocycles. The highest BCUT2D eigenvalue weighted by atomic mass is 79.9. The van der Waals surface area contributed by atoms with E-state index in [1.807, 2.05) is 243 Å². The monoisotopic (exact) mass is 1160 g/mol. The molecule has 0 amide bonds. The topological polar surface area (TPSA) is 114 Å². The van der Waals surface area contributed by atoms with E-state index >= 15 is 0 Å². The Morgan fingerprint density at radius 2 is 0.735 bits per heavy atom. The van der Waals surface area contributed by atoms with Gasteiger partial charge in [-0.2, -0.15) is 0 Å². The van der Waals surface area contributed by atoms with Crippen molar-refractivity contribution >= 4 is 15.9 Å². The fraction of sp³-hybridized carbons (Fsp3) is 0.167. The van der Waals surface area contributed by atoms with Crippen molar-refractivity contribution in [3.63, 3.8) is 0 Å². The van der Waals surface area contributed by atoms with Crippen molar-refractivity contribution in [2.75, 3.05) is 0 Å². The third-order valence-electron chi connectivity index (χ3n) is 14.9. The van der Waals surface area contributed by atoms with Gasteiger partial charge >= 0.3 is 0 Å². The van der Waals surface area contributed by atoms with Crippen molar-refractivity contribution in [3.05, 3.63) is 308 Å². The number of rotatable bonds is 21. The molecule has 10 nitrogen and oxygen atoms in total. The van der Waals surface area contributed by atoms with Crippen LogP contribution in [0.4, 0.5) is 0 Å². The van der Waals surface area contributed by atoms with Crippen LogP contribution in [-0.2, 0) is 46.1 Å². The van der Waals surface area contributed by atoms with Crippen molar-refractivity contribution in [3.8, 4) is 46.0 Å². The second kappa shape index (κ2) is 25.8. The van der Waals surface area contributed by atoms with Crippen molar-refractivity contribution < 1.29 is 48.1 Å². The molecule has 0 aliphatic carbocycles. The average Bonchev–Trinajstić information content (AvgIpc) is 2.61. The molecular formula is C72H61BrO10. The van der Waals surface area contributed by atoms with Gasteiger partial charge in [-0.15, -0.1) is 0 Å². The number of ether oxygens (including phenoxy) is 8. The lowest BCUT2D eigenvalue weighted by Crippen LogP contribution is -2.37. The van der Waals surface area contributed by atoms with Crippen molar-refractivity contribution in [2.45, 2.75) is 76.4 Å². The number of fused-ring (bicyclic) bond motifs is 2. The summed E-state index contributed by atoms with van der Waals surface area (Å²) in [4.78, 5) is 0. The third kappa shape index (κ3) is 12.9. The molecule has 11 heteroatoms. The van der Waals surface area contributed by atoms with Crippen LogP contribution in [0.25, 0.3) is 0 Å². The first-order chi connectivity index (χ1) is 40.9. The maximum absolute atomic E-state index is 13.5. The third-order valence-corrected chi connectivity index (χ3v) is 15.6. The van der Waals surface area contributed by atoms with Crippen LogP contribution in [0, 0.1) is 0 Å². The molecule has 2 aliphatic rings. The van der Waals surface area contributed by atoms with Gasteiger partial charge in [0.05, 0.1) is 12.0 Å². The molecule has 0 radical (unpaired) electrons. The Bertz CT molecular complexity index is 3740. The molecule has 0 spiro atoms. The van der Waals surface area contributed by atoms with Crippen LogP contribution in [0.15, 0.2) is 247 Å². The fourth-order valence-electron chi connectivity index (χ4n) is 10.6. The number of benzene rings is 10. The number of halogens is 1. The second-order valence-electron chi connectivity index (χ2n) is 20.6. The average molecular weight is 1170 g/mol. The minimum atomic E-state index is -1.26. The Morgan fingerprint density at radius 3 is 1.17 bits per heavy atom. The van der Waals surface area contributed by atoms with Crippen LogP contribution in [0.1, 0.15) is 79.3 Å². The lowest BCUT2D eigenvalue weighted by atomic mass is 9.78. The van der Waals surface area contributed by atoms with Crippen LogP contribution in [0.5, 0.6) is 46.0 Å². The zero-order valence-corrected chi connectivity index (χ0v) is 47.1. The van der Waals surface area contributed by atoms with E-state index in [1.54, 1.807) is 0 Å². The first kappa shape index (κ1) is 54.6. The molecule has 0 fully saturated rings. The number of aliphatic hydroxyl groups is 2. The van der Waals surface area contributed by atoms with Gasteiger partial charge in [0.25, 0.3) is 0 Å². The maximum Gasteiger partial charge on any atom is 0.162 e. The summed E-state index contributed by atoms with van der Waals surface area (Å²) in [6.07, 6.45) is -3.79. The highest BCUT2D eigenvalue weighted by Gasteiger charge is 2.46. The van der Waals surface area contributed by atoms with E-state index in [2.05, 4.69) is 15.9 Å². The van der Waals surface area contributed by atoms with Crippen LogP contribution < -0.4 is 37.9 Å². The molecular weight excluding hydrogens is 1100 g/mol. The molecule has 12 rings (SSSR count). The Balaban J connectivity index is 0.959. The second-order valence-corrected chi connectivity index (χ2v) is 21.4. The van der Waals surface area contributed by atoms with E-state index in [9.17, 15) is 10.2 Å². The molecule has 2 aliphatic heterocycles. The maximum atomic E-state index is 13.5. The lowest BCUT2D eigenvalue weighted by molar-refractivity contribution is 0.00121. The van der Waals surface area contributed by atoms with Gasteiger partial charge in [0, 0.05) is 23.6 Å². The predicted octanol–water partition coefficient (Wildman–Crippen LogP) is 15.6. The summed E-state index contributed by atoms with van der Waals surface area (Å²) in [5, 5.41) is 25.6. The molecule has 2 N–H and O–H groups in total. The summed E-state index contributed by atoms with van der Waals surface area (Å²) < 4.78 is 54.5. The van der Waals surface area contributed by atoms with Crippen LogP contribution in [0.3, 0.4) is 0 Å². The summed E-state index contributed by atoms with van der Waals surface area (Å²) in [5.74, 6) is 3.11. The van der Waals surface area contributed by atoms with Gasteiger partial charge in [0.2, 0.25) is 0 Å².